The number of rotatable bonds is 2. The summed E-state index contributed by atoms with van der Waals surface area (Å²) >= 11 is 0. The third kappa shape index (κ3) is 1.90. The molecular formula is C8H13N3O. The fourth-order valence-corrected chi connectivity index (χ4v) is 0.872. The molecule has 0 aliphatic carbocycles. The van der Waals surface area contributed by atoms with Crippen molar-refractivity contribution in [1.82, 2.24) is 15.0 Å². The highest BCUT2D eigenvalue weighted by molar-refractivity contribution is 4.94. The van der Waals surface area contributed by atoms with E-state index in [-0.39, 0.29) is 11.6 Å². The van der Waals surface area contributed by atoms with Crippen LogP contribution in [0, 0.1) is 0 Å². The van der Waals surface area contributed by atoms with Crippen LogP contribution >= 0.6 is 0 Å². The maximum Gasteiger partial charge on any atom is 0.348 e. The van der Waals surface area contributed by atoms with Crippen LogP contribution in [-0.2, 0) is 6.42 Å². The quantitative estimate of drug-likeness (QED) is 0.710. The number of H-pyrrole nitrogens is 1. The van der Waals surface area contributed by atoms with Crippen molar-refractivity contribution < 1.29 is 0 Å². The number of nitrogens with zero attached hydrogens (tertiary/aromatic N) is 2. The fraction of sp³-hybridized carbons (Fsp3) is 0.625. The van der Waals surface area contributed by atoms with Gasteiger partial charge in [-0.15, -0.1) is 0 Å². The SMILES string of the molecule is CCc1nc(C(C)C)nc(=O)[nH]1. The molecule has 1 heterocycles. The second kappa shape index (κ2) is 3.47. The standard InChI is InChI=1S/C8H13N3O/c1-4-6-9-7(5(2)3)11-8(12)10-6/h5H,4H2,1-3H3,(H,9,10,11,12). The highest BCUT2D eigenvalue weighted by Crippen LogP contribution is 2.05. The van der Waals surface area contributed by atoms with Gasteiger partial charge in [-0.05, 0) is 0 Å². The largest absolute Gasteiger partial charge is 0.348 e. The minimum absolute atomic E-state index is 0.206. The van der Waals surface area contributed by atoms with Crippen LogP contribution in [0.2, 0.25) is 0 Å². The van der Waals surface area contributed by atoms with E-state index in [9.17, 15) is 4.79 Å². The van der Waals surface area contributed by atoms with Crippen LogP contribution in [0.5, 0.6) is 0 Å². The van der Waals surface area contributed by atoms with E-state index in [4.69, 9.17) is 0 Å². The van der Waals surface area contributed by atoms with E-state index in [1.165, 1.54) is 0 Å². The Balaban J connectivity index is 3.15. The van der Waals surface area contributed by atoms with E-state index in [1.54, 1.807) is 0 Å². The number of aryl methyl sites for hydroxylation is 1. The van der Waals surface area contributed by atoms with E-state index in [0.717, 1.165) is 6.42 Å². The van der Waals surface area contributed by atoms with Crippen molar-refractivity contribution in [2.75, 3.05) is 0 Å². The van der Waals surface area contributed by atoms with Gasteiger partial charge in [0.15, 0.2) is 0 Å². The molecule has 4 heteroatoms. The molecule has 66 valence electrons. The van der Waals surface area contributed by atoms with Gasteiger partial charge in [0.2, 0.25) is 0 Å². The number of nitrogens with one attached hydrogen (secondary N) is 1. The Morgan fingerprint density at radius 1 is 1.42 bits per heavy atom. The number of hydrogen-bond donors (Lipinski definition) is 1. The van der Waals surface area contributed by atoms with Crippen molar-refractivity contribution >= 4 is 0 Å². The van der Waals surface area contributed by atoms with Gasteiger partial charge >= 0.3 is 5.69 Å². The summed E-state index contributed by atoms with van der Waals surface area (Å²) in [6.07, 6.45) is 0.734. The third-order valence-corrected chi connectivity index (χ3v) is 1.57. The molecule has 1 N–H and O–H groups in total. The first-order chi connectivity index (χ1) is 5.63. The first-order valence-electron chi connectivity index (χ1n) is 4.10. The van der Waals surface area contributed by atoms with Gasteiger partial charge in [0.05, 0.1) is 0 Å². The molecule has 0 saturated heterocycles. The molecule has 0 amide bonds. The molecule has 0 bridgehead atoms. The van der Waals surface area contributed by atoms with Crippen molar-refractivity contribution in [3.05, 3.63) is 22.1 Å². The molecule has 0 aliphatic rings. The lowest BCUT2D eigenvalue weighted by Crippen LogP contribution is -2.18. The topological polar surface area (TPSA) is 58.6 Å². The van der Waals surface area contributed by atoms with Gasteiger partial charge in [-0.3, -0.25) is 4.98 Å². The van der Waals surface area contributed by atoms with E-state index >= 15 is 0 Å². The molecule has 1 aromatic heterocycles. The molecule has 12 heavy (non-hydrogen) atoms. The van der Waals surface area contributed by atoms with Crippen molar-refractivity contribution in [3.63, 3.8) is 0 Å². The zero-order chi connectivity index (χ0) is 9.14. The fourth-order valence-electron chi connectivity index (χ4n) is 0.872. The summed E-state index contributed by atoms with van der Waals surface area (Å²) in [5.41, 5.74) is -0.300. The second-order valence-corrected chi connectivity index (χ2v) is 2.97. The van der Waals surface area contributed by atoms with Gasteiger partial charge in [0, 0.05) is 12.3 Å². The van der Waals surface area contributed by atoms with E-state index in [2.05, 4.69) is 15.0 Å². The highest BCUT2D eigenvalue weighted by Gasteiger charge is 2.04. The molecule has 0 aliphatic heterocycles. The van der Waals surface area contributed by atoms with E-state index in [1.807, 2.05) is 20.8 Å². The molecule has 0 atom stereocenters. The first kappa shape index (κ1) is 8.90. The highest BCUT2D eigenvalue weighted by atomic mass is 16.1. The molecular weight excluding hydrogens is 154 g/mol. The summed E-state index contributed by atoms with van der Waals surface area (Å²) in [5.74, 6) is 1.53. The number of aromatic nitrogens is 3. The summed E-state index contributed by atoms with van der Waals surface area (Å²) in [5, 5.41) is 0. The van der Waals surface area contributed by atoms with Crippen LogP contribution in [0.25, 0.3) is 0 Å². The van der Waals surface area contributed by atoms with Gasteiger partial charge < -0.3 is 0 Å². The monoisotopic (exact) mass is 167 g/mol. The first-order valence-corrected chi connectivity index (χ1v) is 4.10. The Labute approximate surface area is 71.1 Å². The predicted octanol–water partition coefficient (Wildman–Crippen LogP) is 0.851. The molecule has 0 radical (unpaired) electrons. The average Bonchev–Trinajstić information content (AvgIpc) is 2.03. The maximum atomic E-state index is 11.0. The zero-order valence-corrected chi connectivity index (χ0v) is 7.59. The summed E-state index contributed by atoms with van der Waals surface area (Å²) in [6, 6.07) is 0. The van der Waals surface area contributed by atoms with Gasteiger partial charge in [0.1, 0.15) is 11.6 Å². The van der Waals surface area contributed by atoms with Crippen LogP contribution < -0.4 is 5.69 Å². The van der Waals surface area contributed by atoms with E-state index < -0.39 is 0 Å². The van der Waals surface area contributed by atoms with Crippen molar-refractivity contribution in [2.24, 2.45) is 0 Å². The van der Waals surface area contributed by atoms with Crippen LogP contribution in [0.4, 0.5) is 0 Å². The Morgan fingerprint density at radius 3 is 2.58 bits per heavy atom. The lowest BCUT2D eigenvalue weighted by Gasteiger charge is -2.02. The minimum Gasteiger partial charge on any atom is -0.294 e. The molecule has 0 unspecified atom stereocenters. The smallest absolute Gasteiger partial charge is 0.294 e. The van der Waals surface area contributed by atoms with Gasteiger partial charge in [-0.1, -0.05) is 20.8 Å². The molecule has 1 rings (SSSR count). The second-order valence-electron chi connectivity index (χ2n) is 2.97. The van der Waals surface area contributed by atoms with Crippen LogP contribution in [-0.4, -0.2) is 15.0 Å². The molecule has 0 saturated carbocycles. The Hall–Kier alpha value is -1.19. The number of hydrogen-bond acceptors (Lipinski definition) is 3. The molecule has 1 aromatic rings. The maximum absolute atomic E-state index is 11.0. The van der Waals surface area contributed by atoms with Gasteiger partial charge in [-0.25, -0.2) is 9.78 Å². The van der Waals surface area contributed by atoms with E-state index in [0.29, 0.717) is 11.6 Å². The predicted molar refractivity (Wildman–Crippen MR) is 46.1 cm³/mol. The third-order valence-electron chi connectivity index (χ3n) is 1.57. The van der Waals surface area contributed by atoms with Crippen LogP contribution in [0.3, 0.4) is 0 Å². The normalized spacial score (nSPS) is 10.7. The summed E-state index contributed by atoms with van der Waals surface area (Å²) < 4.78 is 0. The molecule has 0 spiro atoms. The Kier molecular flexibility index (Phi) is 2.58. The lowest BCUT2D eigenvalue weighted by molar-refractivity contribution is 0.718. The van der Waals surface area contributed by atoms with Crippen molar-refractivity contribution in [3.8, 4) is 0 Å². The molecule has 0 aromatic carbocycles. The molecule has 4 nitrogen and oxygen atoms in total. The number of aromatic amines is 1. The Morgan fingerprint density at radius 2 is 2.08 bits per heavy atom. The van der Waals surface area contributed by atoms with Crippen LogP contribution in [0.15, 0.2) is 4.79 Å². The van der Waals surface area contributed by atoms with Gasteiger partial charge in [-0.2, -0.15) is 4.98 Å². The zero-order valence-electron chi connectivity index (χ0n) is 7.59. The lowest BCUT2D eigenvalue weighted by atomic mass is 10.2. The summed E-state index contributed by atoms with van der Waals surface area (Å²) in [4.78, 5) is 21.5. The summed E-state index contributed by atoms with van der Waals surface area (Å²) in [7, 11) is 0. The summed E-state index contributed by atoms with van der Waals surface area (Å²) in [6.45, 7) is 5.88. The molecule has 0 fully saturated rings. The van der Waals surface area contributed by atoms with Crippen molar-refractivity contribution in [2.45, 2.75) is 33.1 Å². The minimum atomic E-state index is -0.300. The van der Waals surface area contributed by atoms with Crippen LogP contribution in [0.1, 0.15) is 38.3 Å². The average molecular weight is 167 g/mol. The van der Waals surface area contributed by atoms with Gasteiger partial charge in [0.25, 0.3) is 0 Å². The van der Waals surface area contributed by atoms with Crippen molar-refractivity contribution in [1.29, 1.82) is 0 Å². The Bertz CT molecular complexity index is 316.